The van der Waals surface area contributed by atoms with Crippen LogP contribution in [-0.4, -0.2) is 12.7 Å². The maximum Gasteiger partial charge on any atom is 0.231 e. The van der Waals surface area contributed by atoms with Crippen LogP contribution >= 0.6 is 0 Å². The Hall–Kier alpha value is -3.73. The number of benzene rings is 3. The third-order valence-electron chi connectivity index (χ3n) is 4.70. The molecule has 0 radical (unpaired) electrons. The van der Waals surface area contributed by atoms with Crippen LogP contribution in [0.15, 0.2) is 78.0 Å². The quantitative estimate of drug-likeness (QED) is 0.297. The van der Waals surface area contributed by atoms with Crippen molar-refractivity contribution < 1.29 is 18.9 Å². The zero-order chi connectivity index (χ0) is 20.9. The van der Waals surface area contributed by atoms with Crippen molar-refractivity contribution in [3.63, 3.8) is 0 Å². The Labute approximate surface area is 176 Å². The number of ether oxygens (including phenoxy) is 4. The molecule has 0 saturated heterocycles. The summed E-state index contributed by atoms with van der Waals surface area (Å²) in [4.78, 5) is 4.66. The summed E-state index contributed by atoms with van der Waals surface area (Å²) in [6, 6.07) is 19.3. The molecule has 5 heteroatoms. The van der Waals surface area contributed by atoms with Crippen molar-refractivity contribution in [3.8, 4) is 23.0 Å². The van der Waals surface area contributed by atoms with Gasteiger partial charge in [-0.05, 0) is 73.9 Å². The minimum absolute atomic E-state index is 0.228. The van der Waals surface area contributed by atoms with Gasteiger partial charge in [0.05, 0.1) is 11.9 Å². The highest BCUT2D eigenvalue weighted by atomic mass is 16.7. The minimum Gasteiger partial charge on any atom is -0.465 e. The Morgan fingerprint density at radius 2 is 1.73 bits per heavy atom. The molecule has 1 heterocycles. The van der Waals surface area contributed by atoms with Gasteiger partial charge in [0.1, 0.15) is 11.5 Å². The van der Waals surface area contributed by atoms with Crippen LogP contribution in [0.2, 0.25) is 0 Å². The summed E-state index contributed by atoms with van der Waals surface area (Å²) < 4.78 is 22.5. The van der Waals surface area contributed by atoms with Crippen LogP contribution in [-0.2, 0) is 0 Å². The van der Waals surface area contributed by atoms with Crippen molar-refractivity contribution in [1.29, 1.82) is 0 Å². The molecule has 0 fully saturated rings. The van der Waals surface area contributed by atoms with Crippen LogP contribution in [0.5, 0.6) is 23.0 Å². The van der Waals surface area contributed by atoms with E-state index in [0.29, 0.717) is 28.9 Å². The second kappa shape index (κ2) is 8.74. The molecule has 30 heavy (non-hydrogen) atoms. The number of hydrogen-bond donors (Lipinski definition) is 0. The van der Waals surface area contributed by atoms with Crippen LogP contribution in [0, 0.1) is 20.8 Å². The van der Waals surface area contributed by atoms with Crippen LogP contribution in [0.4, 0.5) is 5.69 Å². The van der Waals surface area contributed by atoms with E-state index < -0.39 is 0 Å². The molecule has 1 aliphatic heterocycles. The molecule has 1 aliphatic rings. The van der Waals surface area contributed by atoms with Crippen LogP contribution < -0.4 is 18.9 Å². The van der Waals surface area contributed by atoms with Gasteiger partial charge in [-0.2, -0.15) is 0 Å². The van der Waals surface area contributed by atoms with Crippen molar-refractivity contribution >= 4 is 11.6 Å². The van der Waals surface area contributed by atoms with Gasteiger partial charge >= 0.3 is 0 Å². The third kappa shape index (κ3) is 4.81. The largest absolute Gasteiger partial charge is 0.465 e. The Morgan fingerprint density at radius 1 is 0.867 bits per heavy atom. The lowest BCUT2D eigenvalue weighted by Crippen LogP contribution is -2.05. The van der Waals surface area contributed by atoms with Crippen molar-refractivity contribution in [2.24, 2.45) is 4.99 Å². The smallest absolute Gasteiger partial charge is 0.231 e. The van der Waals surface area contributed by atoms with E-state index in [9.17, 15) is 0 Å². The summed E-state index contributed by atoms with van der Waals surface area (Å²) in [6.07, 6.45) is 3.25. The van der Waals surface area contributed by atoms with Crippen molar-refractivity contribution in [2.75, 3.05) is 6.79 Å². The van der Waals surface area contributed by atoms with Crippen molar-refractivity contribution in [3.05, 3.63) is 89.7 Å². The van der Waals surface area contributed by atoms with Gasteiger partial charge in [-0.1, -0.05) is 18.2 Å². The van der Waals surface area contributed by atoms with E-state index in [1.54, 1.807) is 18.4 Å². The number of fused-ring (bicyclic) bond motifs is 1. The Morgan fingerprint density at radius 3 is 2.57 bits per heavy atom. The summed E-state index contributed by atoms with van der Waals surface area (Å²) in [5, 5.41) is 0. The van der Waals surface area contributed by atoms with Gasteiger partial charge in [-0.15, -0.1) is 0 Å². The molecular weight excluding hydrogens is 378 g/mol. The number of aryl methyl sites for hydroxylation is 3. The normalized spacial score (nSPS) is 13.0. The molecule has 0 bridgehead atoms. The van der Waals surface area contributed by atoms with E-state index in [4.69, 9.17) is 18.9 Å². The maximum absolute atomic E-state index is 6.02. The van der Waals surface area contributed by atoms with E-state index in [2.05, 4.69) is 18.8 Å². The highest BCUT2D eigenvalue weighted by molar-refractivity contribution is 5.91. The van der Waals surface area contributed by atoms with E-state index in [1.165, 1.54) is 11.1 Å². The molecule has 152 valence electrons. The fraction of sp³-hybridized carbons (Fsp3) is 0.160. The first-order valence-corrected chi connectivity index (χ1v) is 9.70. The topological polar surface area (TPSA) is 49.3 Å². The molecular formula is C25H23NO4. The third-order valence-corrected chi connectivity index (χ3v) is 4.70. The van der Waals surface area contributed by atoms with Crippen LogP contribution in [0.3, 0.4) is 0 Å². The fourth-order valence-electron chi connectivity index (χ4n) is 2.94. The maximum atomic E-state index is 6.02. The summed E-state index contributed by atoms with van der Waals surface area (Å²) in [5.41, 5.74) is 4.32. The van der Waals surface area contributed by atoms with Gasteiger partial charge in [0, 0.05) is 12.1 Å². The first-order chi connectivity index (χ1) is 14.6. The second-order valence-electron chi connectivity index (χ2n) is 7.07. The molecule has 0 aromatic heterocycles. The molecule has 0 N–H and O–H groups in total. The van der Waals surface area contributed by atoms with Gasteiger partial charge in [0.15, 0.2) is 11.5 Å². The van der Waals surface area contributed by atoms with Gasteiger partial charge < -0.3 is 18.9 Å². The van der Waals surface area contributed by atoms with Crippen molar-refractivity contribution in [1.82, 2.24) is 0 Å². The first kappa shape index (κ1) is 19.6. The predicted molar refractivity (Wildman–Crippen MR) is 117 cm³/mol. The van der Waals surface area contributed by atoms with E-state index in [-0.39, 0.29) is 6.79 Å². The van der Waals surface area contributed by atoms with Crippen LogP contribution in [0.1, 0.15) is 16.7 Å². The average Bonchev–Trinajstić information content (AvgIpc) is 3.19. The lowest BCUT2D eigenvalue weighted by Gasteiger charge is -2.08. The highest BCUT2D eigenvalue weighted by Crippen LogP contribution is 2.35. The second-order valence-corrected chi connectivity index (χ2v) is 7.07. The summed E-state index contributed by atoms with van der Waals surface area (Å²) in [6.45, 7) is 6.39. The first-order valence-electron chi connectivity index (χ1n) is 9.70. The standard InChI is InChI=1S/C25H23NO4/c1-17-5-4-6-22(13-17)30-25(26-20-8-7-18(2)19(3)14-20)11-12-27-21-9-10-23-24(15-21)29-16-28-23/h4-15H,16H2,1-3H3. The summed E-state index contributed by atoms with van der Waals surface area (Å²) in [7, 11) is 0. The van der Waals surface area contributed by atoms with Gasteiger partial charge in [-0.3, -0.25) is 0 Å². The summed E-state index contributed by atoms with van der Waals surface area (Å²) in [5.74, 6) is 3.15. The molecule has 0 aliphatic carbocycles. The molecule has 3 aromatic carbocycles. The zero-order valence-corrected chi connectivity index (χ0v) is 17.2. The number of nitrogens with zero attached hydrogens (tertiary/aromatic N) is 1. The van der Waals surface area contributed by atoms with Crippen molar-refractivity contribution in [2.45, 2.75) is 20.8 Å². The highest BCUT2D eigenvalue weighted by Gasteiger charge is 2.13. The number of aliphatic imine (C=N–C) groups is 1. The average molecular weight is 401 g/mol. The monoisotopic (exact) mass is 401 g/mol. The van der Waals surface area contributed by atoms with E-state index in [1.807, 2.05) is 61.5 Å². The molecule has 0 unspecified atom stereocenters. The molecule has 5 nitrogen and oxygen atoms in total. The van der Waals surface area contributed by atoms with Crippen LogP contribution in [0.25, 0.3) is 0 Å². The molecule has 0 saturated carbocycles. The molecule has 3 aromatic rings. The molecule has 4 rings (SSSR count). The Balaban J connectivity index is 1.56. The van der Waals surface area contributed by atoms with Gasteiger partial charge in [0.2, 0.25) is 12.7 Å². The zero-order valence-electron chi connectivity index (χ0n) is 17.2. The lowest BCUT2D eigenvalue weighted by atomic mass is 10.1. The predicted octanol–water partition coefficient (Wildman–Crippen LogP) is 6.04. The SMILES string of the molecule is Cc1cccc(OC(C=COc2ccc3c(c2)OCO3)=Nc2ccc(C)c(C)c2)c1. The van der Waals surface area contributed by atoms with Gasteiger partial charge in [0.25, 0.3) is 0 Å². The Bertz CT molecular complexity index is 1120. The molecule has 0 amide bonds. The summed E-state index contributed by atoms with van der Waals surface area (Å²) >= 11 is 0. The number of rotatable bonds is 5. The Kier molecular flexibility index (Phi) is 5.70. The van der Waals surface area contributed by atoms with Gasteiger partial charge in [-0.25, -0.2) is 4.99 Å². The minimum atomic E-state index is 0.228. The number of hydrogen-bond acceptors (Lipinski definition) is 5. The van der Waals surface area contributed by atoms with E-state index >= 15 is 0 Å². The van der Waals surface area contributed by atoms with E-state index in [0.717, 1.165) is 11.3 Å². The lowest BCUT2D eigenvalue weighted by molar-refractivity contribution is 0.174. The fourth-order valence-corrected chi connectivity index (χ4v) is 2.94. The molecule has 0 atom stereocenters. The molecule has 0 spiro atoms.